The van der Waals surface area contributed by atoms with Crippen molar-refractivity contribution < 1.29 is 4.74 Å². The van der Waals surface area contributed by atoms with Crippen LogP contribution in [0.25, 0.3) is 0 Å². The summed E-state index contributed by atoms with van der Waals surface area (Å²) in [4.78, 5) is 17.7. The molecule has 82 valence electrons. The number of aromatic nitrogens is 2. The standard InChI is InChI=1S/C10H15N3O2/c1-7(2)4-5-11-9-8(15-3)10(14)13-6-12-9/h4,6H,5H2,1-3H3,(H2,11,12,13,14). The average Bonchev–Trinajstić information content (AvgIpc) is 2.17. The van der Waals surface area contributed by atoms with Crippen molar-refractivity contribution in [1.82, 2.24) is 9.97 Å². The molecule has 5 nitrogen and oxygen atoms in total. The Labute approximate surface area is 88.2 Å². The number of nitrogens with zero attached hydrogens (tertiary/aromatic N) is 1. The number of hydrogen-bond donors (Lipinski definition) is 2. The zero-order chi connectivity index (χ0) is 11.3. The number of rotatable bonds is 4. The van der Waals surface area contributed by atoms with Crippen LogP contribution in [0, 0.1) is 0 Å². The maximum absolute atomic E-state index is 11.3. The van der Waals surface area contributed by atoms with Crippen molar-refractivity contribution in [2.75, 3.05) is 19.0 Å². The molecule has 0 atom stereocenters. The highest BCUT2D eigenvalue weighted by Crippen LogP contribution is 2.13. The molecule has 1 rings (SSSR count). The van der Waals surface area contributed by atoms with Crippen molar-refractivity contribution in [2.24, 2.45) is 0 Å². The Morgan fingerprint density at radius 2 is 2.40 bits per heavy atom. The van der Waals surface area contributed by atoms with Crippen molar-refractivity contribution in [2.45, 2.75) is 13.8 Å². The fraction of sp³-hybridized carbons (Fsp3) is 0.400. The predicted molar refractivity (Wildman–Crippen MR) is 59.3 cm³/mol. The van der Waals surface area contributed by atoms with E-state index in [0.29, 0.717) is 12.4 Å². The average molecular weight is 209 g/mol. The second-order valence-corrected chi connectivity index (χ2v) is 3.28. The summed E-state index contributed by atoms with van der Waals surface area (Å²) in [5.41, 5.74) is 0.915. The van der Waals surface area contributed by atoms with Gasteiger partial charge >= 0.3 is 0 Å². The predicted octanol–water partition coefficient (Wildman–Crippen LogP) is 1.16. The molecule has 0 radical (unpaired) electrons. The van der Waals surface area contributed by atoms with Crippen molar-refractivity contribution in [3.63, 3.8) is 0 Å². The maximum atomic E-state index is 11.3. The number of ether oxygens (including phenoxy) is 1. The van der Waals surface area contributed by atoms with Gasteiger partial charge in [0.15, 0.2) is 5.82 Å². The van der Waals surface area contributed by atoms with Gasteiger partial charge in [-0.25, -0.2) is 4.98 Å². The molecule has 0 fully saturated rings. The van der Waals surface area contributed by atoms with Crippen LogP contribution in [0.2, 0.25) is 0 Å². The van der Waals surface area contributed by atoms with Gasteiger partial charge in [-0.05, 0) is 13.8 Å². The number of hydrogen-bond acceptors (Lipinski definition) is 4. The summed E-state index contributed by atoms with van der Waals surface area (Å²) in [5.74, 6) is 0.665. The summed E-state index contributed by atoms with van der Waals surface area (Å²) in [6.07, 6.45) is 3.35. The van der Waals surface area contributed by atoms with Crippen molar-refractivity contribution in [1.29, 1.82) is 0 Å². The van der Waals surface area contributed by atoms with Crippen LogP contribution in [0.3, 0.4) is 0 Å². The maximum Gasteiger partial charge on any atom is 0.295 e. The van der Waals surface area contributed by atoms with E-state index in [1.165, 1.54) is 19.0 Å². The first-order chi connectivity index (χ1) is 7.15. The Balaban J connectivity index is 2.81. The third kappa shape index (κ3) is 3.12. The van der Waals surface area contributed by atoms with Gasteiger partial charge in [-0.15, -0.1) is 0 Å². The molecule has 2 N–H and O–H groups in total. The van der Waals surface area contributed by atoms with Gasteiger partial charge in [-0.3, -0.25) is 4.79 Å². The van der Waals surface area contributed by atoms with E-state index in [0.717, 1.165) is 0 Å². The summed E-state index contributed by atoms with van der Waals surface area (Å²) in [5, 5.41) is 3.00. The van der Waals surface area contributed by atoms with Crippen molar-refractivity contribution >= 4 is 5.82 Å². The highest BCUT2D eigenvalue weighted by molar-refractivity contribution is 5.48. The molecule has 0 saturated heterocycles. The smallest absolute Gasteiger partial charge is 0.295 e. The minimum atomic E-state index is -0.285. The molecule has 1 aromatic rings. The molecule has 0 aromatic carbocycles. The number of aromatic amines is 1. The third-order valence-corrected chi connectivity index (χ3v) is 1.79. The minimum absolute atomic E-state index is 0.208. The lowest BCUT2D eigenvalue weighted by molar-refractivity contribution is 0.408. The van der Waals surface area contributed by atoms with Crippen LogP contribution in [-0.4, -0.2) is 23.6 Å². The van der Waals surface area contributed by atoms with Gasteiger partial charge in [0.1, 0.15) is 0 Å². The molecular weight excluding hydrogens is 194 g/mol. The van der Waals surface area contributed by atoms with Crippen molar-refractivity contribution in [3.8, 4) is 5.75 Å². The second kappa shape index (κ2) is 5.19. The Morgan fingerprint density at radius 1 is 1.67 bits per heavy atom. The molecule has 0 unspecified atom stereocenters. The Kier molecular flexibility index (Phi) is 3.91. The summed E-state index contributed by atoms with van der Waals surface area (Å²) in [6.45, 7) is 4.63. The van der Waals surface area contributed by atoms with Gasteiger partial charge in [0.2, 0.25) is 5.75 Å². The van der Waals surface area contributed by atoms with Crippen molar-refractivity contribution in [3.05, 3.63) is 28.3 Å². The SMILES string of the molecule is COc1c(NCC=C(C)C)nc[nH]c1=O. The van der Waals surface area contributed by atoms with E-state index in [1.54, 1.807) is 0 Å². The lowest BCUT2D eigenvalue weighted by Crippen LogP contribution is -2.14. The summed E-state index contributed by atoms with van der Waals surface area (Å²) in [6, 6.07) is 0. The first-order valence-electron chi connectivity index (χ1n) is 4.64. The van der Waals surface area contributed by atoms with Crippen LogP contribution in [0.5, 0.6) is 5.75 Å². The Morgan fingerprint density at radius 3 is 3.00 bits per heavy atom. The zero-order valence-electron chi connectivity index (χ0n) is 9.13. The third-order valence-electron chi connectivity index (χ3n) is 1.79. The molecule has 1 aromatic heterocycles. The lowest BCUT2D eigenvalue weighted by atomic mass is 10.3. The molecule has 15 heavy (non-hydrogen) atoms. The molecule has 0 bridgehead atoms. The van der Waals surface area contributed by atoms with Crippen LogP contribution in [0.15, 0.2) is 22.8 Å². The first kappa shape index (κ1) is 11.3. The number of nitrogens with one attached hydrogen (secondary N) is 2. The monoisotopic (exact) mass is 209 g/mol. The van der Waals surface area contributed by atoms with Gasteiger partial charge in [0, 0.05) is 6.54 Å². The lowest BCUT2D eigenvalue weighted by Gasteiger charge is -2.06. The molecule has 0 aliphatic carbocycles. The van der Waals surface area contributed by atoms with E-state index >= 15 is 0 Å². The molecular formula is C10H15N3O2. The van der Waals surface area contributed by atoms with Crippen LogP contribution in [0.1, 0.15) is 13.8 Å². The van der Waals surface area contributed by atoms with Gasteiger partial charge in [-0.2, -0.15) is 0 Å². The highest BCUT2D eigenvalue weighted by Gasteiger charge is 2.06. The van der Waals surface area contributed by atoms with Gasteiger partial charge in [-0.1, -0.05) is 11.6 Å². The van der Waals surface area contributed by atoms with E-state index < -0.39 is 0 Å². The van der Waals surface area contributed by atoms with E-state index in [-0.39, 0.29) is 11.3 Å². The van der Waals surface area contributed by atoms with Crippen LogP contribution in [0.4, 0.5) is 5.82 Å². The second-order valence-electron chi connectivity index (χ2n) is 3.28. The van der Waals surface area contributed by atoms with E-state index in [4.69, 9.17) is 4.74 Å². The topological polar surface area (TPSA) is 67.0 Å². The summed E-state index contributed by atoms with van der Waals surface area (Å²) >= 11 is 0. The molecule has 0 saturated carbocycles. The fourth-order valence-corrected chi connectivity index (χ4v) is 1.05. The van der Waals surface area contributed by atoms with Gasteiger partial charge < -0.3 is 15.0 Å². The van der Waals surface area contributed by atoms with Gasteiger partial charge in [0.05, 0.1) is 13.4 Å². The largest absolute Gasteiger partial charge is 0.489 e. The first-order valence-corrected chi connectivity index (χ1v) is 4.64. The van der Waals surface area contributed by atoms with E-state index in [2.05, 4.69) is 15.3 Å². The fourth-order valence-electron chi connectivity index (χ4n) is 1.05. The van der Waals surface area contributed by atoms with E-state index in [9.17, 15) is 4.79 Å². The van der Waals surface area contributed by atoms with Crippen LogP contribution in [-0.2, 0) is 0 Å². The summed E-state index contributed by atoms with van der Waals surface area (Å²) in [7, 11) is 1.44. The summed E-state index contributed by atoms with van der Waals surface area (Å²) < 4.78 is 4.94. The molecule has 0 aliphatic rings. The molecule has 1 heterocycles. The normalized spacial score (nSPS) is 9.53. The number of methoxy groups -OCH3 is 1. The van der Waals surface area contributed by atoms with Crippen LogP contribution >= 0.6 is 0 Å². The Hall–Kier alpha value is -1.78. The molecule has 0 amide bonds. The number of allylic oxidation sites excluding steroid dienone is 1. The molecule has 5 heteroatoms. The molecule has 0 aliphatic heterocycles. The zero-order valence-corrected chi connectivity index (χ0v) is 9.13. The van der Waals surface area contributed by atoms with Gasteiger partial charge in [0.25, 0.3) is 5.56 Å². The number of anilines is 1. The molecule has 0 spiro atoms. The number of H-pyrrole nitrogens is 1. The van der Waals surface area contributed by atoms with E-state index in [1.807, 2.05) is 19.9 Å². The quantitative estimate of drug-likeness (QED) is 0.730. The highest BCUT2D eigenvalue weighted by atomic mass is 16.5. The minimum Gasteiger partial charge on any atom is -0.489 e. The Bertz CT molecular complexity index is 405. The van der Waals surface area contributed by atoms with Crippen LogP contribution < -0.4 is 15.6 Å².